The van der Waals surface area contributed by atoms with Gasteiger partial charge in [-0.2, -0.15) is 13.5 Å². The predicted molar refractivity (Wildman–Crippen MR) is 406 cm³/mol. The van der Waals surface area contributed by atoms with E-state index in [9.17, 15) is 70.8 Å². The number of nitrogens with zero attached hydrogens (tertiary/aromatic N) is 3. The molecule has 5 atom stereocenters. The molecule has 574 valence electrons. The number of rotatable bonds is 37. The third kappa shape index (κ3) is 25.7. The molecule has 29 heteroatoms. The molecule has 1 saturated heterocycles. The van der Waals surface area contributed by atoms with Gasteiger partial charge in [-0.05, 0) is 134 Å². The Bertz CT molecular complexity index is 4400. The van der Waals surface area contributed by atoms with E-state index in [0.29, 0.717) is 53.7 Å². The van der Waals surface area contributed by atoms with Crippen molar-refractivity contribution < 1.29 is 75.6 Å². The fraction of sp³-hybridized carbons (Fsp3) is 0.380. The van der Waals surface area contributed by atoms with Gasteiger partial charge in [-0.15, -0.1) is 0 Å². The number of carbonyl (C=O) groups excluding carboxylic acids is 11. The second kappa shape index (κ2) is 39.2. The van der Waals surface area contributed by atoms with Crippen LogP contribution in [0.4, 0.5) is 11.5 Å². The molecule has 1 aromatic heterocycles. The summed E-state index contributed by atoms with van der Waals surface area (Å²) >= 11 is 0. The molecular weight excluding hydrogens is 1410 g/mol. The number of aromatic hydroxyl groups is 1. The van der Waals surface area contributed by atoms with Crippen molar-refractivity contribution in [2.45, 2.75) is 161 Å². The first-order valence-electron chi connectivity index (χ1n) is 35.5. The Kier molecular flexibility index (Phi) is 30.4. The summed E-state index contributed by atoms with van der Waals surface area (Å²) in [7, 11) is -4.48. The summed E-state index contributed by atoms with van der Waals surface area (Å²) in [5, 5.41) is 36.4. The summed E-state index contributed by atoms with van der Waals surface area (Å²) in [5.74, 6) is -7.14. The zero-order valence-electron chi connectivity index (χ0n) is 62.1. The molecule has 0 spiro atoms. The second-order valence-corrected chi connectivity index (χ2v) is 29.5. The molecule has 0 bridgehead atoms. The number of hydrogen-bond acceptors (Lipinski definition) is 18. The van der Waals surface area contributed by atoms with Gasteiger partial charge in [0.05, 0.1) is 31.2 Å². The van der Waals surface area contributed by atoms with Crippen LogP contribution in [0.25, 0.3) is 0 Å². The Morgan fingerprint density at radius 2 is 1.31 bits per heavy atom. The van der Waals surface area contributed by atoms with Crippen LogP contribution in [-0.2, 0) is 82.7 Å². The highest BCUT2D eigenvalue weighted by Gasteiger charge is 2.37. The molecule has 0 aliphatic carbocycles. The molecule has 9 amide bonds. The lowest BCUT2D eigenvalue weighted by Crippen LogP contribution is -2.58. The van der Waals surface area contributed by atoms with Crippen molar-refractivity contribution in [3.05, 3.63) is 196 Å². The van der Waals surface area contributed by atoms with Crippen molar-refractivity contribution in [3.8, 4) is 5.75 Å². The number of hydrogen-bond donors (Lipinski definition) is 11. The molecule has 0 radical (unpaired) electrons. The number of ether oxygens (including phenoxy) is 1. The van der Waals surface area contributed by atoms with E-state index in [4.69, 9.17) is 4.74 Å². The number of ketones is 1. The van der Waals surface area contributed by atoms with E-state index >= 15 is 0 Å². The Balaban J connectivity index is 0.950. The molecule has 0 unspecified atom stereocenters. The molecule has 11 N–H and O–H groups in total. The van der Waals surface area contributed by atoms with E-state index in [-0.39, 0.29) is 108 Å². The minimum Gasteiger partial charge on any atom is -0.508 e. The van der Waals surface area contributed by atoms with Crippen LogP contribution in [0.1, 0.15) is 147 Å². The standard InChI is InChI=1S/C79H96N12O16S/c1-47(2)37-62(89-78(103)65-20-16-36-91(65)52(8)92)74(99)83-46-69(95)85-60(32-26-53-17-12-11-13-18-53)75(100)88-64(41-54-24-30-59(93)31-25-54)77(102)87-63(38-48(3)4)76(101)86-61-40-49(5)39-50(6)71(61)79(9,10)43-70(96)107-51(7)72(97)56-27-22-55(23-28-56)42-68(94)80-34-35-81-73(98)58-29-33-67(82-44-58)90-84-45-57-19-14-15-21-66(57)108(104,105)106/h11-15,17-19,21-25,27-31,33,39-40,44-45,47-48,60,62-65,93H,7,16,20,26,32,34-38,41-43,46H2,1-6,8-10H3,(H,80,94)(H,81,98)(H,82,90)(H,83,99)(H,85,95)(H,86,101)(H,87,102)(H,88,100)(H,89,103)(H,104,105,106)/b84-45+/t60-,62-,63-,64-,65-/m0/s1. The van der Waals surface area contributed by atoms with Gasteiger partial charge in [-0.1, -0.05) is 139 Å². The molecule has 28 nitrogen and oxygen atoms in total. The van der Waals surface area contributed by atoms with E-state index in [0.717, 1.165) is 11.1 Å². The van der Waals surface area contributed by atoms with Crippen molar-refractivity contribution in [1.29, 1.82) is 0 Å². The van der Waals surface area contributed by atoms with E-state index in [1.807, 2.05) is 77.9 Å². The molecule has 5 aromatic carbocycles. The van der Waals surface area contributed by atoms with Gasteiger partial charge in [-0.3, -0.25) is 62.7 Å². The minimum atomic E-state index is -4.48. The van der Waals surface area contributed by atoms with Gasteiger partial charge in [0.25, 0.3) is 16.0 Å². The van der Waals surface area contributed by atoms with Crippen molar-refractivity contribution in [1.82, 2.24) is 47.1 Å². The Morgan fingerprint density at radius 1 is 0.694 bits per heavy atom. The van der Waals surface area contributed by atoms with E-state index in [2.05, 4.69) is 64.6 Å². The number of aromatic nitrogens is 1. The van der Waals surface area contributed by atoms with Gasteiger partial charge >= 0.3 is 5.97 Å². The first-order chi connectivity index (χ1) is 51.1. The Morgan fingerprint density at radius 3 is 1.96 bits per heavy atom. The second-order valence-electron chi connectivity index (χ2n) is 28.1. The van der Waals surface area contributed by atoms with Gasteiger partial charge in [-0.25, -0.2) is 4.98 Å². The third-order valence-electron chi connectivity index (χ3n) is 17.7. The summed E-state index contributed by atoms with van der Waals surface area (Å²) in [6, 6.07) is 27.8. The largest absolute Gasteiger partial charge is 0.508 e. The fourth-order valence-electron chi connectivity index (χ4n) is 12.6. The number of nitrogens with one attached hydrogen (secondary N) is 9. The lowest BCUT2D eigenvalue weighted by molar-refractivity contribution is -0.140. The van der Waals surface area contributed by atoms with Gasteiger partial charge in [0.1, 0.15) is 46.7 Å². The zero-order chi connectivity index (χ0) is 79.0. The lowest BCUT2D eigenvalue weighted by Gasteiger charge is -2.30. The van der Waals surface area contributed by atoms with Crippen LogP contribution < -0.4 is 48.0 Å². The number of hydrazone groups is 1. The van der Waals surface area contributed by atoms with Crippen LogP contribution >= 0.6 is 0 Å². The average molecular weight is 1500 g/mol. The van der Waals surface area contributed by atoms with E-state index < -0.39 is 111 Å². The zero-order valence-corrected chi connectivity index (χ0v) is 62.9. The summed E-state index contributed by atoms with van der Waals surface area (Å²) in [6.45, 7) is 19.7. The van der Waals surface area contributed by atoms with E-state index in [1.54, 1.807) is 50.2 Å². The number of likely N-dealkylation sites (tertiary alicyclic amines) is 1. The van der Waals surface area contributed by atoms with Crippen LogP contribution in [0.3, 0.4) is 0 Å². The Hall–Kier alpha value is -11.5. The fourth-order valence-corrected chi connectivity index (χ4v) is 13.2. The number of carbonyl (C=O) groups is 11. The number of Topliss-reactive ketones (excluding diaryl/α,β-unsaturated/α-hetero) is 1. The van der Waals surface area contributed by atoms with Crippen molar-refractivity contribution >= 4 is 92.8 Å². The highest BCUT2D eigenvalue weighted by atomic mass is 32.2. The monoisotopic (exact) mass is 1500 g/mol. The SMILES string of the molecule is C=C(OC(=O)CC(C)(C)c1c(C)cc(C)cc1NC(=O)[C@H](CC(C)C)NC(=O)[C@H](Cc1ccc(O)cc1)NC(=O)[C@H](CCc1ccccc1)NC(=O)CNC(=O)[C@H](CC(C)C)NC(=O)[C@@H]1CCCN1C(C)=O)C(=O)c1ccc(CC(=O)NCCNC(=O)c2ccc(N/N=C/c3ccccc3S(=O)(=O)O)nc2)cc1. The minimum absolute atomic E-state index is 0.0435. The first kappa shape index (κ1) is 83.8. The van der Waals surface area contributed by atoms with Crippen LogP contribution in [0.2, 0.25) is 0 Å². The van der Waals surface area contributed by atoms with Crippen LogP contribution in [0, 0.1) is 25.7 Å². The lowest BCUT2D eigenvalue weighted by atomic mass is 9.77. The number of allylic oxidation sites excluding steroid dienone is 1. The first-order valence-corrected chi connectivity index (χ1v) is 37.0. The molecular formula is C79H96N12O16S. The van der Waals surface area contributed by atoms with Crippen LogP contribution in [0.15, 0.2) is 156 Å². The van der Waals surface area contributed by atoms with Gasteiger partial charge in [0, 0.05) is 61.4 Å². The van der Waals surface area contributed by atoms with Crippen molar-refractivity contribution in [2.75, 3.05) is 36.9 Å². The van der Waals surface area contributed by atoms with Gasteiger partial charge in [0.15, 0.2) is 5.76 Å². The van der Waals surface area contributed by atoms with Crippen LogP contribution in [-0.4, -0.2) is 155 Å². The molecule has 6 aromatic rings. The highest BCUT2D eigenvalue weighted by Crippen LogP contribution is 2.37. The summed E-state index contributed by atoms with van der Waals surface area (Å²) in [4.78, 5) is 156. The smallest absolute Gasteiger partial charge is 0.312 e. The Labute approximate surface area is 628 Å². The molecule has 7 rings (SSSR count). The maximum absolute atomic E-state index is 14.9. The molecule has 2 heterocycles. The van der Waals surface area contributed by atoms with Crippen LogP contribution in [0.5, 0.6) is 5.75 Å². The van der Waals surface area contributed by atoms with E-state index in [1.165, 1.54) is 78.8 Å². The molecule has 1 aliphatic rings. The number of aryl methyl sites for hydroxylation is 3. The van der Waals surface area contributed by atoms with Crippen molar-refractivity contribution in [2.24, 2.45) is 16.9 Å². The third-order valence-corrected chi connectivity index (χ3v) is 18.6. The normalized spacial score (nSPS) is 14.0. The molecule has 1 fully saturated rings. The number of esters is 1. The summed E-state index contributed by atoms with van der Waals surface area (Å²) < 4.78 is 38.3. The summed E-state index contributed by atoms with van der Waals surface area (Å²) in [6.07, 6.45) is 3.72. The summed E-state index contributed by atoms with van der Waals surface area (Å²) in [5.41, 5.74) is 6.22. The number of phenolic OH excluding ortho intramolecular Hbond substituents is 1. The molecule has 0 saturated carbocycles. The quantitative estimate of drug-likeness (QED) is 0.00280. The maximum Gasteiger partial charge on any atom is 0.312 e. The maximum atomic E-state index is 14.9. The van der Waals surface area contributed by atoms with Gasteiger partial charge in [0.2, 0.25) is 53.0 Å². The number of phenols is 1. The predicted octanol–water partition coefficient (Wildman–Crippen LogP) is 6.77. The average Bonchev–Trinajstić information content (AvgIpc) is 1.26. The van der Waals surface area contributed by atoms with Gasteiger partial charge < -0.3 is 57.3 Å². The highest BCUT2D eigenvalue weighted by molar-refractivity contribution is 7.86. The number of pyridine rings is 1. The number of benzene rings is 5. The van der Waals surface area contributed by atoms with Crippen molar-refractivity contribution in [3.63, 3.8) is 0 Å². The molecule has 1 aliphatic heterocycles. The molecule has 108 heavy (non-hydrogen) atoms. The number of anilines is 2. The topological polar surface area (TPSA) is 408 Å². The number of amides is 9.